The van der Waals surface area contributed by atoms with Crippen molar-refractivity contribution in [3.05, 3.63) is 0 Å². The SMILES string of the molecule is [Ca].[Co].[Li].[Mn].[Ni]. The first-order chi connectivity index (χ1) is 0. The molecule has 0 N–H and O–H groups in total. The topological polar surface area (TPSA) is 0 Å². The molecule has 0 aliphatic carbocycles. The van der Waals surface area contributed by atoms with Crippen molar-refractivity contribution in [3.8, 4) is 0 Å². The third kappa shape index (κ3) is 18.7. The third-order valence-electron chi connectivity index (χ3n) is 0. The summed E-state index contributed by atoms with van der Waals surface area (Å²) >= 11 is 0. The minimum absolute atomic E-state index is 0. The summed E-state index contributed by atoms with van der Waals surface area (Å²) in [5, 5.41) is 0. The van der Waals surface area contributed by atoms with Crippen molar-refractivity contribution in [1.82, 2.24) is 0 Å². The molecule has 0 bridgehead atoms. The fraction of sp³-hybridized carbons (Fsp3) is 0. The molecular formula is CaCoLiMnNi. The smallest absolute Gasteiger partial charge is 0 e. The molecule has 0 atom stereocenters. The van der Waals surface area contributed by atoms with Gasteiger partial charge in [-0.05, 0) is 0 Å². The van der Waals surface area contributed by atoms with Gasteiger partial charge in [0.05, 0.1) is 0 Å². The molecule has 0 aliphatic rings. The van der Waals surface area contributed by atoms with Gasteiger partial charge < -0.3 is 0 Å². The van der Waals surface area contributed by atoms with E-state index in [-0.39, 0.29) is 107 Å². The maximum absolute atomic E-state index is 0. The van der Waals surface area contributed by atoms with Crippen LogP contribution >= 0.6 is 0 Å². The Morgan fingerprint density at radius 3 is 1.00 bits per heavy atom. The quantitative estimate of drug-likeness (QED) is 0.470. The van der Waals surface area contributed by atoms with Crippen molar-refractivity contribution in [3.63, 3.8) is 0 Å². The Bertz CT molecular complexity index is 11.6. The average molecular weight is 220 g/mol. The van der Waals surface area contributed by atoms with Crippen LogP contribution in [0.15, 0.2) is 0 Å². The predicted molar refractivity (Wildman–Crippen MR) is 11.5 cm³/mol. The van der Waals surface area contributed by atoms with Gasteiger partial charge in [0, 0.05) is 107 Å². The van der Waals surface area contributed by atoms with Crippen LogP contribution in [0, 0.1) is 0 Å². The van der Waals surface area contributed by atoms with Gasteiger partial charge in [0.25, 0.3) is 0 Å². The van der Waals surface area contributed by atoms with E-state index in [9.17, 15) is 0 Å². The maximum Gasteiger partial charge on any atom is 0 e. The zero-order valence-corrected chi connectivity index (χ0v) is 8.15. The molecule has 5 radical (unpaired) electrons. The van der Waals surface area contributed by atoms with E-state index in [4.69, 9.17) is 0 Å². The largest absolute Gasteiger partial charge is 0 e. The van der Waals surface area contributed by atoms with Gasteiger partial charge >= 0.3 is 0 Å². The number of hydrogen-bond acceptors (Lipinski definition) is 0. The third-order valence-corrected chi connectivity index (χ3v) is 0. The van der Waals surface area contributed by atoms with Crippen LogP contribution < -0.4 is 0 Å². The molecule has 0 saturated carbocycles. The maximum atomic E-state index is 0. The number of hydrogen-bond donors (Lipinski definition) is 0. The Kier molecular flexibility index (Phi) is 210. The van der Waals surface area contributed by atoms with Gasteiger partial charge in [0.1, 0.15) is 0 Å². The van der Waals surface area contributed by atoms with Crippen LogP contribution in [-0.2, 0) is 50.3 Å². The fourth-order valence-electron chi connectivity index (χ4n) is 0. The van der Waals surface area contributed by atoms with Crippen LogP contribution in [0.2, 0.25) is 0 Å². The first-order valence-corrected chi connectivity index (χ1v) is 0. The summed E-state index contributed by atoms with van der Waals surface area (Å²) < 4.78 is 0. The van der Waals surface area contributed by atoms with Gasteiger partial charge in [-0.25, -0.2) is 0 Å². The molecule has 0 rings (SSSR count). The molecule has 0 amide bonds. The second-order valence-corrected chi connectivity index (χ2v) is 0. The first kappa shape index (κ1) is 40.0. The summed E-state index contributed by atoms with van der Waals surface area (Å²) in [5.74, 6) is 0. The second kappa shape index (κ2) is 26.3. The first-order valence-electron chi connectivity index (χ1n) is 0. The molecule has 0 aromatic carbocycles. The standard InChI is InChI=1S/Ca.Co.Li.Mn.Ni. The molecule has 29 valence electrons. The van der Waals surface area contributed by atoms with Gasteiger partial charge in [-0.1, -0.05) is 0 Å². The molecule has 0 fully saturated rings. The van der Waals surface area contributed by atoms with Crippen LogP contribution in [0.5, 0.6) is 0 Å². The summed E-state index contributed by atoms with van der Waals surface area (Å²) in [7, 11) is 0. The van der Waals surface area contributed by atoms with Crippen molar-refractivity contribution in [2.24, 2.45) is 0 Å². The molecule has 5 heavy (non-hydrogen) atoms. The van der Waals surface area contributed by atoms with Crippen molar-refractivity contribution >= 4 is 56.6 Å². The monoisotopic (exact) mass is 219 g/mol. The van der Waals surface area contributed by atoms with E-state index >= 15 is 0 Å². The molecular weight excluding hydrogens is 220 g/mol. The van der Waals surface area contributed by atoms with E-state index in [1.807, 2.05) is 0 Å². The van der Waals surface area contributed by atoms with Crippen LogP contribution in [0.4, 0.5) is 0 Å². The van der Waals surface area contributed by atoms with Crippen molar-refractivity contribution in [2.45, 2.75) is 0 Å². The van der Waals surface area contributed by atoms with Crippen molar-refractivity contribution in [2.75, 3.05) is 0 Å². The van der Waals surface area contributed by atoms with Gasteiger partial charge in [0.15, 0.2) is 0 Å². The van der Waals surface area contributed by atoms with Gasteiger partial charge in [0.2, 0.25) is 0 Å². The molecule has 5 heteroatoms. The summed E-state index contributed by atoms with van der Waals surface area (Å²) in [6.07, 6.45) is 0. The molecule has 0 aromatic rings. The molecule has 0 heterocycles. The van der Waals surface area contributed by atoms with E-state index in [2.05, 4.69) is 0 Å². The molecule has 0 nitrogen and oxygen atoms in total. The summed E-state index contributed by atoms with van der Waals surface area (Å²) in [6, 6.07) is 0. The van der Waals surface area contributed by atoms with Gasteiger partial charge in [-0.15, -0.1) is 0 Å². The molecule has 0 saturated heterocycles. The Labute approximate surface area is 105 Å². The molecule has 0 spiro atoms. The summed E-state index contributed by atoms with van der Waals surface area (Å²) in [6.45, 7) is 0. The second-order valence-electron chi connectivity index (χ2n) is 0. The van der Waals surface area contributed by atoms with E-state index in [0.717, 1.165) is 0 Å². The summed E-state index contributed by atoms with van der Waals surface area (Å²) in [5.41, 5.74) is 0. The van der Waals surface area contributed by atoms with E-state index in [1.165, 1.54) is 0 Å². The zero-order chi connectivity index (χ0) is 0. The predicted octanol–water partition coefficient (Wildman–Crippen LogP) is -0.769. The molecule has 0 aliphatic heterocycles. The van der Waals surface area contributed by atoms with E-state index < -0.39 is 0 Å². The minimum Gasteiger partial charge on any atom is 0 e. The van der Waals surface area contributed by atoms with Crippen LogP contribution in [0.1, 0.15) is 0 Å². The Hall–Kier alpha value is 3.38. The van der Waals surface area contributed by atoms with Gasteiger partial charge in [-0.3, -0.25) is 0 Å². The van der Waals surface area contributed by atoms with Crippen LogP contribution in [0.25, 0.3) is 0 Å². The van der Waals surface area contributed by atoms with Gasteiger partial charge in [-0.2, -0.15) is 0 Å². The minimum atomic E-state index is 0. The average Bonchev–Trinajstić information content (AvgIpc) is 0. The fourth-order valence-corrected chi connectivity index (χ4v) is 0. The Morgan fingerprint density at radius 2 is 1.00 bits per heavy atom. The summed E-state index contributed by atoms with van der Waals surface area (Å²) in [4.78, 5) is 0. The molecule has 0 unspecified atom stereocenters. The van der Waals surface area contributed by atoms with Crippen LogP contribution in [-0.4, -0.2) is 56.6 Å². The van der Waals surface area contributed by atoms with Crippen molar-refractivity contribution in [1.29, 1.82) is 0 Å². The Morgan fingerprint density at radius 1 is 1.00 bits per heavy atom. The normalized spacial score (nSPS) is 0. The van der Waals surface area contributed by atoms with Crippen molar-refractivity contribution < 1.29 is 50.3 Å². The number of rotatable bonds is 0. The molecule has 0 aromatic heterocycles. The zero-order valence-electron chi connectivity index (χ0n) is 2.73. The van der Waals surface area contributed by atoms with E-state index in [1.54, 1.807) is 0 Å². The van der Waals surface area contributed by atoms with Crippen LogP contribution in [0.3, 0.4) is 0 Å². The Balaban J connectivity index is 0. The van der Waals surface area contributed by atoms with E-state index in [0.29, 0.717) is 0 Å².